The molecule has 4 nitrogen and oxygen atoms in total. The Balaban J connectivity index is 1.68. The van der Waals surface area contributed by atoms with Gasteiger partial charge >= 0.3 is 0 Å². The Hall–Kier alpha value is -3.66. The molecule has 4 aromatic rings. The summed E-state index contributed by atoms with van der Waals surface area (Å²) in [4.78, 5) is 14.8. The van der Waals surface area contributed by atoms with Crippen LogP contribution in [0.4, 0.5) is 23.0 Å². The molecule has 35 heavy (non-hydrogen) atoms. The second kappa shape index (κ2) is 7.94. The summed E-state index contributed by atoms with van der Waals surface area (Å²) < 4.78 is 0. The van der Waals surface area contributed by atoms with Crippen molar-refractivity contribution in [3.05, 3.63) is 96.8 Å². The van der Waals surface area contributed by atoms with Crippen LogP contribution in [0.1, 0.15) is 46.1 Å². The molecule has 4 heteroatoms. The van der Waals surface area contributed by atoms with Crippen molar-refractivity contribution in [2.45, 2.75) is 52.1 Å². The highest BCUT2D eigenvalue weighted by Crippen LogP contribution is 2.63. The van der Waals surface area contributed by atoms with Gasteiger partial charge in [-0.2, -0.15) is 0 Å². The minimum atomic E-state index is -0.0672. The first-order chi connectivity index (χ1) is 17.0. The van der Waals surface area contributed by atoms with Gasteiger partial charge in [-0.05, 0) is 36.1 Å². The Morgan fingerprint density at radius 3 is 1.91 bits per heavy atom. The number of hydrogen-bond acceptors (Lipinski definition) is 4. The van der Waals surface area contributed by atoms with Crippen LogP contribution < -0.4 is 9.80 Å². The lowest BCUT2D eigenvalue weighted by atomic mass is 9.55. The van der Waals surface area contributed by atoms with Crippen molar-refractivity contribution >= 4 is 23.0 Å². The third kappa shape index (κ3) is 2.86. The molecule has 1 aromatic heterocycles. The third-order valence-electron chi connectivity index (χ3n) is 8.88. The molecule has 0 saturated heterocycles. The van der Waals surface area contributed by atoms with Gasteiger partial charge in [-0.3, -0.25) is 0 Å². The summed E-state index contributed by atoms with van der Waals surface area (Å²) in [7, 11) is 0. The number of nitrogens with zero attached hydrogens (tertiary/aromatic N) is 4. The molecule has 3 unspecified atom stereocenters. The van der Waals surface area contributed by atoms with Crippen molar-refractivity contribution in [1.82, 2.24) is 9.97 Å². The maximum atomic E-state index is 4.94. The summed E-state index contributed by atoms with van der Waals surface area (Å²) in [5.74, 6) is 1.86. The quantitative estimate of drug-likeness (QED) is 0.310. The lowest BCUT2D eigenvalue weighted by Crippen LogP contribution is -2.62. The van der Waals surface area contributed by atoms with E-state index >= 15 is 0 Å². The predicted molar refractivity (Wildman–Crippen MR) is 144 cm³/mol. The number of anilines is 4. The van der Waals surface area contributed by atoms with E-state index in [9.17, 15) is 0 Å². The smallest absolute Gasteiger partial charge is 0.178 e. The van der Waals surface area contributed by atoms with E-state index in [-0.39, 0.29) is 17.0 Å². The van der Waals surface area contributed by atoms with Gasteiger partial charge in [0.25, 0.3) is 0 Å². The Morgan fingerprint density at radius 2 is 1.26 bits per heavy atom. The van der Waals surface area contributed by atoms with E-state index in [1.807, 2.05) is 12.4 Å². The van der Waals surface area contributed by atoms with E-state index < -0.39 is 0 Å². The highest BCUT2D eigenvalue weighted by atomic mass is 15.5. The van der Waals surface area contributed by atoms with Crippen LogP contribution in [-0.2, 0) is 5.41 Å². The van der Waals surface area contributed by atoms with E-state index in [0.29, 0.717) is 0 Å². The first kappa shape index (κ1) is 21.8. The van der Waals surface area contributed by atoms with Crippen molar-refractivity contribution in [3.8, 4) is 11.1 Å². The van der Waals surface area contributed by atoms with E-state index in [0.717, 1.165) is 24.5 Å². The maximum Gasteiger partial charge on any atom is 0.178 e. The van der Waals surface area contributed by atoms with Gasteiger partial charge in [0.2, 0.25) is 0 Å². The molecule has 176 valence electrons. The zero-order valence-corrected chi connectivity index (χ0v) is 20.9. The lowest BCUT2D eigenvalue weighted by Gasteiger charge is -2.58. The average Bonchev–Trinajstić information content (AvgIpc) is 3.28. The molecule has 0 N–H and O–H groups in total. The van der Waals surface area contributed by atoms with E-state index in [1.54, 1.807) is 0 Å². The van der Waals surface area contributed by atoms with Gasteiger partial charge in [0.15, 0.2) is 11.6 Å². The van der Waals surface area contributed by atoms with E-state index in [2.05, 4.69) is 116 Å². The molecule has 0 spiro atoms. The van der Waals surface area contributed by atoms with Crippen LogP contribution in [0.5, 0.6) is 0 Å². The van der Waals surface area contributed by atoms with E-state index in [1.165, 1.54) is 28.1 Å². The fourth-order valence-corrected chi connectivity index (χ4v) is 6.53. The van der Waals surface area contributed by atoms with Crippen LogP contribution in [0.3, 0.4) is 0 Å². The molecule has 2 aliphatic rings. The summed E-state index contributed by atoms with van der Waals surface area (Å²) in [6.45, 7) is 9.60. The maximum absolute atomic E-state index is 4.94. The van der Waals surface area contributed by atoms with Crippen molar-refractivity contribution < 1.29 is 0 Å². The lowest BCUT2D eigenvalue weighted by molar-refractivity contribution is 0.0964. The summed E-state index contributed by atoms with van der Waals surface area (Å²) >= 11 is 0. The molecule has 3 atom stereocenters. The Morgan fingerprint density at radius 1 is 0.686 bits per heavy atom. The number of aromatic nitrogens is 2. The molecule has 3 aromatic carbocycles. The third-order valence-corrected chi connectivity index (χ3v) is 8.88. The first-order valence-electron chi connectivity index (χ1n) is 12.7. The van der Waals surface area contributed by atoms with Crippen LogP contribution in [0.15, 0.2) is 91.3 Å². The van der Waals surface area contributed by atoms with Crippen molar-refractivity contribution in [1.29, 1.82) is 0 Å². The van der Waals surface area contributed by atoms with Gasteiger partial charge in [0.1, 0.15) is 6.17 Å². The van der Waals surface area contributed by atoms with Gasteiger partial charge < -0.3 is 9.80 Å². The van der Waals surface area contributed by atoms with Gasteiger partial charge in [-0.15, -0.1) is 0 Å². The highest BCUT2D eigenvalue weighted by Gasteiger charge is 2.61. The van der Waals surface area contributed by atoms with Crippen LogP contribution in [0.2, 0.25) is 0 Å². The van der Waals surface area contributed by atoms with Crippen molar-refractivity contribution in [2.24, 2.45) is 5.41 Å². The fourth-order valence-electron chi connectivity index (χ4n) is 6.53. The molecular formula is C31H32N4. The highest BCUT2D eigenvalue weighted by molar-refractivity contribution is 5.91. The molecule has 0 fully saturated rings. The largest absolute Gasteiger partial charge is 0.301 e. The van der Waals surface area contributed by atoms with E-state index in [4.69, 9.17) is 9.97 Å². The van der Waals surface area contributed by atoms with Crippen molar-refractivity contribution in [2.75, 3.05) is 9.80 Å². The Bertz CT molecular complexity index is 1380. The molecule has 0 saturated carbocycles. The Kier molecular flexibility index (Phi) is 4.96. The Labute approximate surface area is 208 Å². The van der Waals surface area contributed by atoms with Crippen LogP contribution >= 0.6 is 0 Å². The molecule has 2 aliphatic heterocycles. The number of hydrogen-bond donors (Lipinski definition) is 0. The second-order valence-electron chi connectivity index (χ2n) is 10.2. The molecular weight excluding hydrogens is 428 g/mol. The van der Waals surface area contributed by atoms with Gasteiger partial charge in [0, 0.05) is 34.5 Å². The zero-order valence-electron chi connectivity index (χ0n) is 20.9. The van der Waals surface area contributed by atoms with Gasteiger partial charge in [0.05, 0.1) is 5.69 Å². The second-order valence-corrected chi connectivity index (χ2v) is 10.2. The SMILES string of the molecule is CCC1(C)c2ccccc2N2c3nccnc3N(c3ccccc3-c3ccccc3)C2C1(C)CC. The average molecular weight is 461 g/mol. The molecule has 0 bridgehead atoms. The summed E-state index contributed by atoms with van der Waals surface area (Å²) in [5, 5.41) is 0. The van der Waals surface area contributed by atoms with Crippen LogP contribution in [0, 0.1) is 5.41 Å². The molecule has 0 aliphatic carbocycles. The summed E-state index contributed by atoms with van der Waals surface area (Å²) in [6, 6.07) is 28.3. The van der Waals surface area contributed by atoms with Crippen molar-refractivity contribution in [3.63, 3.8) is 0 Å². The normalized spacial score (nSPS) is 24.6. The molecule has 6 rings (SSSR count). The molecule has 0 radical (unpaired) electrons. The summed E-state index contributed by atoms with van der Waals surface area (Å²) in [5.41, 5.74) is 6.16. The van der Waals surface area contributed by atoms with Crippen LogP contribution in [-0.4, -0.2) is 16.1 Å². The monoisotopic (exact) mass is 460 g/mol. The predicted octanol–water partition coefficient (Wildman–Crippen LogP) is 7.86. The number of para-hydroxylation sites is 2. The number of benzene rings is 3. The fraction of sp³-hybridized carbons (Fsp3) is 0.290. The zero-order chi connectivity index (χ0) is 24.2. The standard InChI is InChI=1S/C31H32N4/c1-5-30(3)24-17-11-13-19-26(24)35-28-27(32-20-21-33-28)34(29(35)31(30,4)6-2)25-18-12-10-16-23(25)22-14-8-7-9-15-22/h7-21,29H,5-6H2,1-4H3. The van der Waals surface area contributed by atoms with Gasteiger partial charge in [-0.1, -0.05) is 94.4 Å². The minimum absolute atomic E-state index is 0.0124. The number of fused-ring (bicyclic) bond motifs is 5. The topological polar surface area (TPSA) is 32.3 Å². The first-order valence-corrected chi connectivity index (χ1v) is 12.7. The number of rotatable bonds is 4. The van der Waals surface area contributed by atoms with Gasteiger partial charge in [-0.25, -0.2) is 9.97 Å². The molecule has 3 heterocycles. The minimum Gasteiger partial charge on any atom is -0.301 e. The molecule has 0 amide bonds. The summed E-state index contributed by atoms with van der Waals surface area (Å²) in [6.07, 6.45) is 5.79. The van der Waals surface area contributed by atoms with Crippen LogP contribution in [0.25, 0.3) is 11.1 Å².